The van der Waals surface area contributed by atoms with Crippen molar-refractivity contribution in [1.82, 2.24) is 0 Å². The average Bonchev–Trinajstić information content (AvgIpc) is 2.16. The molecule has 1 atom stereocenters. The lowest BCUT2D eigenvalue weighted by Gasteiger charge is -2.02. The maximum absolute atomic E-state index is 7.76. The molecule has 0 heterocycles. The van der Waals surface area contributed by atoms with Gasteiger partial charge in [-0.15, -0.1) is 0 Å². The first kappa shape index (κ1) is 2.10. The zero-order valence-corrected chi connectivity index (χ0v) is 4.83. The fourth-order valence-electron chi connectivity index (χ4n) is 0.596. The van der Waals surface area contributed by atoms with E-state index in [0.29, 0.717) is 0 Å². The van der Waals surface area contributed by atoms with Gasteiger partial charge in [-0.05, 0) is 12.4 Å². The highest BCUT2D eigenvalue weighted by Gasteiger charge is 1.93. The van der Waals surface area contributed by atoms with Gasteiger partial charge in [-0.3, -0.25) is 0 Å². The molecular weight excluding hydrogens is 110 g/mol. The Hall–Kier alpha value is -0.820. The predicted octanol–water partition coefficient (Wildman–Crippen LogP) is 1.71. The molecule has 0 spiro atoms. The van der Waals surface area contributed by atoms with Crippen LogP contribution in [0.3, 0.4) is 0 Å². The number of rotatable bonds is 2. The molecule has 0 aliphatic heterocycles. The van der Waals surface area contributed by atoms with Crippen molar-refractivity contribution in [2.24, 2.45) is 5.72 Å². The molecule has 0 radical (unpaired) electrons. The number of benzene rings is 1. The van der Waals surface area contributed by atoms with Crippen LogP contribution in [-0.2, 0) is 0 Å². The molecule has 0 aliphatic rings. The molecule has 0 fully saturated rings. The second-order valence-corrected chi connectivity index (χ2v) is 1.71. The van der Waals surface area contributed by atoms with Crippen LogP contribution in [-0.4, -0.2) is 0 Å². The average molecular weight is 127 g/mol. The second-order valence-electron chi connectivity index (χ2n) is 1.71. The Labute approximate surface area is 64.0 Å². The van der Waals surface area contributed by atoms with Gasteiger partial charge in [-0.2, -0.15) is 0 Å². The van der Waals surface area contributed by atoms with Gasteiger partial charge in [0.2, 0.25) is 0 Å². The molecule has 1 aromatic carbocycles. The van der Waals surface area contributed by atoms with Gasteiger partial charge in [0.15, 0.2) is 0 Å². The van der Waals surface area contributed by atoms with E-state index in [9.17, 15) is 0 Å². The first-order valence-corrected chi connectivity index (χ1v) is 2.63. The molecule has 1 aromatic rings. The molecule has 1 heteroatoms. The van der Waals surface area contributed by atoms with Crippen LogP contribution in [0.25, 0.3) is 0 Å². The van der Waals surface area contributed by atoms with Crippen LogP contribution >= 0.6 is 0 Å². The maximum atomic E-state index is 7.76. The van der Waals surface area contributed by atoms with E-state index in [1.54, 1.807) is 18.2 Å². The lowest BCUT2D eigenvalue weighted by atomic mass is 10.1. The third-order valence-electron chi connectivity index (χ3n) is 1.05. The molecule has 0 saturated carbocycles. The van der Waals surface area contributed by atoms with E-state index in [1.807, 2.05) is 0 Å². The van der Waals surface area contributed by atoms with Crippen molar-refractivity contribution < 1.29 is 8.31 Å². The van der Waals surface area contributed by atoms with Gasteiger partial charge < -0.3 is 5.72 Å². The Morgan fingerprint density at radius 3 is 3.00 bits per heavy atom. The highest BCUT2D eigenvalue weighted by Crippen LogP contribution is 2.06. The standard InChI is InChI=1S/C8H11N/c1-7(9)8-5-3-2-4-6-8/h2-7H,9H2,1H3/t7-/m1/s1/i1D3,7D/hD2. The van der Waals surface area contributed by atoms with Crippen LogP contribution in [0.4, 0.5) is 0 Å². The van der Waals surface area contributed by atoms with Gasteiger partial charge in [0.1, 0.15) is 2.82 Å². The summed E-state index contributed by atoms with van der Waals surface area (Å²) in [6, 6.07) is 5.34. The maximum Gasteiger partial charge on any atom is 0.119 e. The van der Waals surface area contributed by atoms with Crippen LogP contribution in [0.5, 0.6) is 0 Å². The molecule has 48 valence electrons. The Bertz CT molecular complexity index is 322. The summed E-state index contributed by atoms with van der Waals surface area (Å²) in [6.07, 6.45) is 0. The molecule has 2 N–H and O–H groups in total. The summed E-state index contributed by atoms with van der Waals surface area (Å²) >= 11 is 0. The highest BCUT2D eigenvalue weighted by molar-refractivity contribution is 5.17. The summed E-state index contributed by atoms with van der Waals surface area (Å²) in [5.74, 6) is 0. The fraction of sp³-hybridized carbons (Fsp3) is 0.250. The summed E-state index contributed by atoms with van der Waals surface area (Å²) in [5.41, 5.74) is 0.0185. The van der Waals surface area contributed by atoms with Gasteiger partial charge in [0.25, 0.3) is 0 Å². The molecule has 0 unspecified atom stereocenters. The van der Waals surface area contributed by atoms with Crippen LogP contribution < -0.4 is 5.72 Å². The normalized spacial score (nSPS) is 28.1. The first-order chi connectivity index (χ1) is 6.80. The molecule has 9 heavy (non-hydrogen) atoms. The van der Waals surface area contributed by atoms with Gasteiger partial charge in [-0.25, -0.2) is 0 Å². The molecule has 0 saturated heterocycles. The molecule has 0 bridgehead atoms. The van der Waals surface area contributed by atoms with E-state index in [1.165, 1.54) is 12.1 Å². The third-order valence-corrected chi connectivity index (χ3v) is 1.05. The largest absolute Gasteiger partial charge is 0.324 e. The highest BCUT2D eigenvalue weighted by atomic mass is 14.6. The van der Waals surface area contributed by atoms with Crippen molar-refractivity contribution in [1.29, 1.82) is 0 Å². The Kier molecular flexibility index (Phi) is 0.617. The zero-order valence-electron chi connectivity index (χ0n) is 10.8. The number of hydrogen-bond donors (Lipinski definition) is 1. The van der Waals surface area contributed by atoms with Crippen LogP contribution in [0.2, 0.25) is 2.82 Å². The second kappa shape index (κ2) is 2.65. The molecule has 0 amide bonds. The Morgan fingerprint density at radius 2 is 2.44 bits per heavy atom. The molecule has 1 nitrogen and oxygen atoms in total. The first-order valence-electron chi connectivity index (χ1n) is 5.53. The van der Waals surface area contributed by atoms with Crippen LogP contribution in [0.15, 0.2) is 30.3 Å². The summed E-state index contributed by atoms with van der Waals surface area (Å²) in [5, 5.41) is 0. The molecular formula is C8H11N. The van der Waals surface area contributed by atoms with Gasteiger partial charge in [-0.1, -0.05) is 30.3 Å². The van der Waals surface area contributed by atoms with Gasteiger partial charge in [0.05, 0.1) is 1.37 Å². The van der Waals surface area contributed by atoms with E-state index in [0.717, 1.165) is 0 Å². The molecule has 1 rings (SSSR count). The van der Waals surface area contributed by atoms with Gasteiger partial charge >= 0.3 is 0 Å². The van der Waals surface area contributed by atoms with E-state index in [2.05, 4.69) is 0 Å². The molecule has 0 aliphatic carbocycles. The summed E-state index contributed by atoms with van der Waals surface area (Å²) in [7, 11) is 0. The quantitative estimate of drug-likeness (QED) is 0.643. The van der Waals surface area contributed by atoms with Crippen molar-refractivity contribution >= 4 is 0 Å². The minimum absolute atomic E-state index is 0.0880. The fourth-order valence-corrected chi connectivity index (χ4v) is 0.596. The zero-order chi connectivity index (χ0) is 11.7. The number of hydrogen-bond acceptors (Lipinski definition) is 1. The van der Waals surface area contributed by atoms with Crippen LogP contribution in [0, 0.1) is 0 Å². The summed E-state index contributed by atoms with van der Waals surface area (Å²) in [6.45, 7) is -2.75. The van der Waals surface area contributed by atoms with Crippen molar-refractivity contribution in [3.8, 4) is 0 Å². The van der Waals surface area contributed by atoms with Crippen molar-refractivity contribution in [2.45, 2.75) is 12.9 Å². The SMILES string of the molecule is [2H]N([2H])[C@@]([2H])(c1ccccc1)C([2H])([2H])[2H]. The smallest absolute Gasteiger partial charge is 0.119 e. The number of nitrogens with two attached hydrogens (primary N) is 1. The Balaban J connectivity index is 3.26. The van der Waals surface area contributed by atoms with E-state index < -0.39 is 12.9 Å². The van der Waals surface area contributed by atoms with Crippen molar-refractivity contribution in [2.75, 3.05) is 0 Å². The van der Waals surface area contributed by atoms with Crippen molar-refractivity contribution in [3.63, 3.8) is 0 Å². The van der Waals surface area contributed by atoms with Gasteiger partial charge in [0, 0.05) is 10.1 Å². The topological polar surface area (TPSA) is 26.0 Å². The molecule has 0 aromatic heterocycles. The minimum Gasteiger partial charge on any atom is -0.324 e. The van der Waals surface area contributed by atoms with Crippen molar-refractivity contribution in [3.05, 3.63) is 35.9 Å². The van der Waals surface area contributed by atoms with Crippen LogP contribution in [0.1, 0.15) is 23.9 Å². The summed E-state index contributed by atoms with van der Waals surface area (Å²) in [4.78, 5) is 0. The lowest BCUT2D eigenvalue weighted by Crippen LogP contribution is -2.03. The van der Waals surface area contributed by atoms with E-state index >= 15 is 0 Å². The van der Waals surface area contributed by atoms with E-state index in [-0.39, 0.29) is 11.3 Å². The monoisotopic (exact) mass is 127 g/mol. The minimum atomic E-state index is -2.75. The lowest BCUT2D eigenvalue weighted by molar-refractivity contribution is 0.818. The van der Waals surface area contributed by atoms with E-state index in [4.69, 9.17) is 8.31 Å². The summed E-state index contributed by atoms with van der Waals surface area (Å²) < 4.78 is 43.6. The third kappa shape index (κ3) is 1.54. The predicted molar refractivity (Wildman–Crippen MR) is 39.0 cm³/mol. The Morgan fingerprint density at radius 1 is 1.67 bits per heavy atom.